The van der Waals surface area contributed by atoms with E-state index in [0.717, 1.165) is 17.8 Å². The summed E-state index contributed by atoms with van der Waals surface area (Å²) in [6.45, 7) is 2.10. The number of ketones is 1. The Morgan fingerprint density at radius 3 is 2.40 bits per heavy atom. The standard InChI is InChI=1S/C18H22OS/c1-12-2-4-16(5-3-12)20-11-17(19)18-8-13-6-14(9-18)15(7-13)10-18/h2-5,13-15H,6-11H2,1H3. The second-order valence-electron chi connectivity index (χ2n) is 7.28. The molecule has 5 rings (SSSR count). The lowest BCUT2D eigenvalue weighted by Crippen LogP contribution is -2.36. The van der Waals surface area contributed by atoms with Crippen molar-refractivity contribution >= 4 is 17.5 Å². The molecule has 0 heterocycles. The Kier molecular flexibility index (Phi) is 2.99. The van der Waals surface area contributed by atoms with Crippen molar-refractivity contribution in [2.24, 2.45) is 23.2 Å². The normalized spacial score (nSPS) is 37.5. The van der Waals surface area contributed by atoms with Crippen molar-refractivity contribution in [1.82, 2.24) is 0 Å². The zero-order chi connectivity index (χ0) is 13.7. The van der Waals surface area contributed by atoms with Gasteiger partial charge in [0.1, 0.15) is 5.78 Å². The van der Waals surface area contributed by atoms with Gasteiger partial charge in [0.15, 0.2) is 0 Å². The molecular formula is C18H22OS. The highest BCUT2D eigenvalue weighted by molar-refractivity contribution is 8.00. The van der Waals surface area contributed by atoms with Crippen LogP contribution in [0.15, 0.2) is 29.2 Å². The number of carbonyl (C=O) groups is 1. The maximum Gasteiger partial charge on any atom is 0.149 e. The minimum Gasteiger partial charge on any atom is -0.298 e. The van der Waals surface area contributed by atoms with Crippen LogP contribution in [0.5, 0.6) is 0 Å². The molecule has 4 saturated carbocycles. The van der Waals surface area contributed by atoms with Gasteiger partial charge < -0.3 is 0 Å². The Labute approximate surface area is 125 Å². The second kappa shape index (κ2) is 4.62. The molecule has 2 atom stereocenters. The molecule has 106 valence electrons. The number of carbonyl (C=O) groups excluding carboxylic acids is 1. The molecule has 4 aliphatic rings. The quantitative estimate of drug-likeness (QED) is 0.759. The first-order valence-electron chi connectivity index (χ1n) is 7.87. The molecule has 0 aromatic heterocycles. The Morgan fingerprint density at radius 1 is 1.15 bits per heavy atom. The lowest BCUT2D eigenvalue weighted by molar-refractivity contribution is -0.128. The first-order valence-corrected chi connectivity index (χ1v) is 8.86. The van der Waals surface area contributed by atoms with Crippen LogP contribution in [-0.2, 0) is 4.79 Å². The predicted molar refractivity (Wildman–Crippen MR) is 82.9 cm³/mol. The topological polar surface area (TPSA) is 17.1 Å². The van der Waals surface area contributed by atoms with E-state index in [9.17, 15) is 4.79 Å². The van der Waals surface area contributed by atoms with E-state index in [4.69, 9.17) is 0 Å². The largest absolute Gasteiger partial charge is 0.298 e. The molecule has 0 radical (unpaired) electrons. The molecular weight excluding hydrogens is 264 g/mol. The third-order valence-corrected chi connectivity index (χ3v) is 6.92. The Hall–Kier alpha value is -0.760. The van der Waals surface area contributed by atoms with Gasteiger partial charge in [-0.3, -0.25) is 4.79 Å². The van der Waals surface area contributed by atoms with Gasteiger partial charge in [-0.25, -0.2) is 0 Å². The molecule has 20 heavy (non-hydrogen) atoms. The molecule has 0 N–H and O–H groups in total. The van der Waals surface area contributed by atoms with Crippen LogP contribution in [0.3, 0.4) is 0 Å². The smallest absolute Gasteiger partial charge is 0.149 e. The fraction of sp³-hybridized carbons (Fsp3) is 0.611. The molecule has 1 aromatic rings. The van der Waals surface area contributed by atoms with Crippen molar-refractivity contribution in [1.29, 1.82) is 0 Å². The molecule has 0 amide bonds. The van der Waals surface area contributed by atoms with Crippen molar-refractivity contribution in [3.63, 3.8) is 0 Å². The van der Waals surface area contributed by atoms with Gasteiger partial charge >= 0.3 is 0 Å². The molecule has 1 aromatic carbocycles. The summed E-state index contributed by atoms with van der Waals surface area (Å²) in [5.74, 6) is 3.87. The summed E-state index contributed by atoms with van der Waals surface area (Å²) in [6.07, 6.45) is 6.46. The number of aryl methyl sites for hydroxylation is 1. The van der Waals surface area contributed by atoms with E-state index >= 15 is 0 Å². The number of hydrogen-bond donors (Lipinski definition) is 0. The van der Waals surface area contributed by atoms with Crippen molar-refractivity contribution in [3.8, 4) is 0 Å². The van der Waals surface area contributed by atoms with E-state index in [-0.39, 0.29) is 5.41 Å². The summed E-state index contributed by atoms with van der Waals surface area (Å²) in [5, 5.41) is 0. The molecule has 2 unspecified atom stereocenters. The van der Waals surface area contributed by atoms with E-state index < -0.39 is 0 Å². The number of Topliss-reactive ketones (excluding diaryl/α,β-unsaturated/α-hetero) is 1. The average molecular weight is 286 g/mol. The van der Waals surface area contributed by atoms with Gasteiger partial charge in [-0.2, -0.15) is 0 Å². The molecule has 2 heteroatoms. The number of thioether (sulfide) groups is 1. The fourth-order valence-electron chi connectivity index (χ4n) is 5.09. The fourth-order valence-corrected chi connectivity index (χ4v) is 6.02. The Bertz CT molecular complexity index is 513. The number of rotatable bonds is 4. The van der Waals surface area contributed by atoms with Gasteiger partial charge in [0.2, 0.25) is 0 Å². The summed E-state index contributed by atoms with van der Waals surface area (Å²) in [6, 6.07) is 8.54. The third-order valence-electron chi connectivity index (χ3n) is 5.91. The van der Waals surface area contributed by atoms with Crippen LogP contribution in [0.4, 0.5) is 0 Å². The van der Waals surface area contributed by atoms with Gasteiger partial charge in [-0.15, -0.1) is 11.8 Å². The van der Waals surface area contributed by atoms with E-state index in [1.54, 1.807) is 11.8 Å². The summed E-state index contributed by atoms with van der Waals surface area (Å²) in [7, 11) is 0. The molecule has 4 fully saturated rings. The summed E-state index contributed by atoms with van der Waals surface area (Å²) >= 11 is 1.73. The highest BCUT2D eigenvalue weighted by Gasteiger charge is 2.58. The zero-order valence-electron chi connectivity index (χ0n) is 12.1. The van der Waals surface area contributed by atoms with Crippen LogP contribution in [0.2, 0.25) is 0 Å². The predicted octanol–water partition coefficient (Wildman–Crippen LogP) is 4.48. The Balaban J connectivity index is 1.42. The van der Waals surface area contributed by atoms with Gasteiger partial charge in [0.25, 0.3) is 0 Å². The molecule has 1 nitrogen and oxygen atoms in total. The van der Waals surface area contributed by atoms with Gasteiger partial charge in [0, 0.05) is 10.3 Å². The van der Waals surface area contributed by atoms with Crippen LogP contribution in [0.1, 0.15) is 37.7 Å². The molecule has 0 aliphatic heterocycles. The van der Waals surface area contributed by atoms with E-state index in [1.807, 2.05) is 0 Å². The van der Waals surface area contributed by atoms with Crippen LogP contribution in [-0.4, -0.2) is 11.5 Å². The summed E-state index contributed by atoms with van der Waals surface area (Å²) in [5.41, 5.74) is 1.37. The monoisotopic (exact) mass is 286 g/mol. The zero-order valence-corrected chi connectivity index (χ0v) is 12.9. The highest BCUT2D eigenvalue weighted by atomic mass is 32.2. The van der Waals surface area contributed by atoms with Gasteiger partial charge in [0.05, 0.1) is 5.75 Å². The SMILES string of the molecule is Cc1ccc(SCC(=O)C23CC4CC(C2)C(C4)C3)cc1. The van der Waals surface area contributed by atoms with Gasteiger partial charge in [-0.1, -0.05) is 17.7 Å². The van der Waals surface area contributed by atoms with E-state index in [2.05, 4.69) is 31.2 Å². The summed E-state index contributed by atoms with van der Waals surface area (Å²) in [4.78, 5) is 14.0. The van der Waals surface area contributed by atoms with Crippen molar-refractivity contribution in [3.05, 3.63) is 29.8 Å². The third kappa shape index (κ3) is 2.04. The maximum absolute atomic E-state index is 12.8. The van der Waals surface area contributed by atoms with Crippen LogP contribution in [0.25, 0.3) is 0 Å². The summed E-state index contributed by atoms with van der Waals surface area (Å²) < 4.78 is 0. The molecule has 4 bridgehead atoms. The molecule has 0 spiro atoms. The highest BCUT2D eigenvalue weighted by Crippen LogP contribution is 2.64. The molecule has 0 saturated heterocycles. The first kappa shape index (κ1) is 12.9. The second-order valence-corrected chi connectivity index (χ2v) is 8.32. The van der Waals surface area contributed by atoms with Crippen molar-refractivity contribution < 1.29 is 4.79 Å². The lowest BCUT2D eigenvalue weighted by Gasteiger charge is -2.37. The number of hydrogen-bond acceptors (Lipinski definition) is 2. The van der Waals surface area contributed by atoms with Gasteiger partial charge in [-0.05, 0) is 68.9 Å². The van der Waals surface area contributed by atoms with E-state index in [0.29, 0.717) is 11.5 Å². The van der Waals surface area contributed by atoms with Crippen LogP contribution in [0, 0.1) is 30.1 Å². The van der Waals surface area contributed by atoms with Crippen LogP contribution >= 0.6 is 11.8 Å². The Morgan fingerprint density at radius 2 is 1.80 bits per heavy atom. The minimum atomic E-state index is 0.0915. The van der Waals surface area contributed by atoms with Crippen molar-refractivity contribution in [2.45, 2.75) is 43.9 Å². The van der Waals surface area contributed by atoms with Crippen LogP contribution < -0.4 is 0 Å². The maximum atomic E-state index is 12.8. The van der Waals surface area contributed by atoms with E-state index in [1.165, 1.54) is 42.6 Å². The minimum absolute atomic E-state index is 0.0915. The lowest BCUT2D eigenvalue weighted by atomic mass is 9.67. The first-order chi connectivity index (χ1) is 9.64. The average Bonchev–Trinajstić information content (AvgIpc) is 2.86. The molecule has 4 aliphatic carbocycles. The van der Waals surface area contributed by atoms with Crippen molar-refractivity contribution in [2.75, 3.05) is 5.75 Å². The number of benzene rings is 1.